The summed E-state index contributed by atoms with van der Waals surface area (Å²) in [7, 11) is 0. The minimum absolute atomic E-state index is 0.0745. The molecule has 8 heteroatoms. The highest BCUT2D eigenvalue weighted by atomic mass is 16.6. The molecule has 0 fully saturated rings. The third kappa shape index (κ3) is 4.23. The van der Waals surface area contributed by atoms with Crippen LogP contribution in [0.15, 0.2) is 18.2 Å². The zero-order valence-electron chi connectivity index (χ0n) is 11.0. The zero-order valence-corrected chi connectivity index (χ0v) is 11.0. The number of hydrogen-bond acceptors (Lipinski definition) is 5. The zero-order chi connectivity index (χ0) is 15.3. The van der Waals surface area contributed by atoms with Gasteiger partial charge in [0.25, 0.3) is 11.6 Å². The lowest BCUT2D eigenvalue weighted by Crippen LogP contribution is -2.39. The molecular formula is C12H15N3O5. The maximum absolute atomic E-state index is 11.8. The molecule has 0 aliphatic rings. The van der Waals surface area contributed by atoms with Crippen molar-refractivity contribution in [1.82, 2.24) is 10.6 Å². The van der Waals surface area contributed by atoms with Crippen LogP contribution in [0.4, 0.5) is 5.69 Å². The molecule has 0 spiro atoms. The van der Waals surface area contributed by atoms with Crippen LogP contribution in [-0.2, 0) is 4.79 Å². The lowest BCUT2D eigenvalue weighted by atomic mass is 10.1. The monoisotopic (exact) mass is 281 g/mol. The molecule has 2 amide bonds. The van der Waals surface area contributed by atoms with Gasteiger partial charge in [-0.2, -0.15) is 0 Å². The van der Waals surface area contributed by atoms with E-state index in [4.69, 9.17) is 0 Å². The average Bonchev–Trinajstić information content (AvgIpc) is 2.34. The van der Waals surface area contributed by atoms with Crippen LogP contribution in [-0.4, -0.2) is 34.4 Å². The predicted molar refractivity (Wildman–Crippen MR) is 70.4 cm³/mol. The number of aromatic hydroxyl groups is 1. The molecule has 0 heterocycles. The number of hydrogen-bond donors (Lipinski definition) is 3. The van der Waals surface area contributed by atoms with Crippen molar-refractivity contribution < 1.29 is 19.6 Å². The number of phenolic OH excluding ortho intramolecular Hbond substituents is 1. The SMILES string of the molecule is CC(C)NC(=O)CNC(=O)c1cc(O)ccc1[N+](=O)[O-]. The first-order valence-corrected chi connectivity index (χ1v) is 5.86. The van der Waals surface area contributed by atoms with Gasteiger partial charge in [-0.25, -0.2) is 0 Å². The van der Waals surface area contributed by atoms with Crippen molar-refractivity contribution in [1.29, 1.82) is 0 Å². The minimum Gasteiger partial charge on any atom is -0.508 e. The Balaban J connectivity index is 2.80. The molecule has 108 valence electrons. The third-order valence-corrected chi connectivity index (χ3v) is 2.28. The normalized spacial score (nSPS) is 10.2. The second-order valence-corrected chi connectivity index (χ2v) is 4.36. The van der Waals surface area contributed by atoms with Gasteiger partial charge < -0.3 is 15.7 Å². The number of nitro benzene ring substituents is 1. The first-order chi connectivity index (χ1) is 9.31. The fraction of sp³-hybridized carbons (Fsp3) is 0.333. The fourth-order valence-electron chi connectivity index (χ4n) is 1.49. The molecule has 0 saturated carbocycles. The standard InChI is InChI=1S/C12H15N3O5/c1-7(2)14-11(17)6-13-12(18)9-5-8(16)3-4-10(9)15(19)20/h3-5,7,16H,6H2,1-2H3,(H,13,18)(H,14,17). The van der Waals surface area contributed by atoms with Crippen molar-refractivity contribution in [2.45, 2.75) is 19.9 Å². The van der Waals surface area contributed by atoms with E-state index < -0.39 is 22.4 Å². The predicted octanol–water partition coefficient (Wildman–Crippen LogP) is 0.555. The molecule has 0 aromatic heterocycles. The fourth-order valence-corrected chi connectivity index (χ4v) is 1.49. The number of benzene rings is 1. The van der Waals surface area contributed by atoms with Gasteiger partial charge in [-0.1, -0.05) is 0 Å². The first-order valence-electron chi connectivity index (χ1n) is 5.86. The number of rotatable bonds is 5. The van der Waals surface area contributed by atoms with E-state index in [1.165, 1.54) is 0 Å². The number of amides is 2. The summed E-state index contributed by atoms with van der Waals surface area (Å²) in [5, 5.41) is 24.9. The summed E-state index contributed by atoms with van der Waals surface area (Å²) >= 11 is 0. The largest absolute Gasteiger partial charge is 0.508 e. The maximum atomic E-state index is 11.8. The van der Waals surface area contributed by atoms with E-state index in [0.717, 1.165) is 18.2 Å². The van der Waals surface area contributed by atoms with Gasteiger partial charge >= 0.3 is 0 Å². The van der Waals surface area contributed by atoms with Gasteiger partial charge in [0.1, 0.15) is 11.3 Å². The number of nitro groups is 1. The van der Waals surface area contributed by atoms with Gasteiger partial charge in [0.15, 0.2) is 0 Å². The van der Waals surface area contributed by atoms with Crippen LogP contribution < -0.4 is 10.6 Å². The Labute approximate surface area is 114 Å². The molecule has 0 radical (unpaired) electrons. The van der Waals surface area contributed by atoms with Crippen LogP contribution in [0.3, 0.4) is 0 Å². The molecule has 0 saturated heterocycles. The van der Waals surface area contributed by atoms with Gasteiger partial charge in [0.2, 0.25) is 5.91 Å². The van der Waals surface area contributed by atoms with Crippen molar-refractivity contribution in [3.05, 3.63) is 33.9 Å². The molecule has 0 aliphatic carbocycles. The number of phenols is 1. The van der Waals surface area contributed by atoms with E-state index in [1.807, 2.05) is 0 Å². The van der Waals surface area contributed by atoms with Gasteiger partial charge in [0.05, 0.1) is 11.5 Å². The smallest absolute Gasteiger partial charge is 0.282 e. The van der Waals surface area contributed by atoms with Crippen LogP contribution in [0.2, 0.25) is 0 Å². The summed E-state index contributed by atoms with van der Waals surface area (Å²) in [6.45, 7) is 3.23. The summed E-state index contributed by atoms with van der Waals surface area (Å²) in [5.74, 6) is -1.48. The lowest BCUT2D eigenvalue weighted by Gasteiger charge is -2.09. The van der Waals surface area contributed by atoms with Crippen molar-refractivity contribution >= 4 is 17.5 Å². The van der Waals surface area contributed by atoms with E-state index in [9.17, 15) is 24.8 Å². The van der Waals surface area contributed by atoms with Crippen molar-refractivity contribution in [3.63, 3.8) is 0 Å². The highest BCUT2D eigenvalue weighted by molar-refractivity contribution is 6.00. The minimum atomic E-state index is -0.800. The molecule has 1 rings (SSSR count). The van der Waals surface area contributed by atoms with Crippen molar-refractivity contribution in [2.24, 2.45) is 0 Å². The summed E-state index contributed by atoms with van der Waals surface area (Å²) in [4.78, 5) is 33.2. The van der Waals surface area contributed by atoms with Crippen LogP contribution in [0, 0.1) is 10.1 Å². The molecule has 0 bridgehead atoms. The molecule has 0 aliphatic heterocycles. The summed E-state index contributed by atoms with van der Waals surface area (Å²) in [5.41, 5.74) is -0.739. The number of carbonyl (C=O) groups excluding carboxylic acids is 2. The Morgan fingerprint density at radius 1 is 1.40 bits per heavy atom. The van der Waals surface area contributed by atoms with Crippen LogP contribution in [0.5, 0.6) is 5.75 Å². The second-order valence-electron chi connectivity index (χ2n) is 4.36. The van der Waals surface area contributed by atoms with Crippen molar-refractivity contribution in [2.75, 3.05) is 6.54 Å². The van der Waals surface area contributed by atoms with Crippen LogP contribution >= 0.6 is 0 Å². The molecule has 20 heavy (non-hydrogen) atoms. The highest BCUT2D eigenvalue weighted by Gasteiger charge is 2.21. The number of nitrogens with one attached hydrogen (secondary N) is 2. The van der Waals surface area contributed by atoms with E-state index in [2.05, 4.69) is 10.6 Å². The Hall–Kier alpha value is -2.64. The maximum Gasteiger partial charge on any atom is 0.282 e. The van der Waals surface area contributed by atoms with E-state index in [0.29, 0.717) is 0 Å². The molecule has 1 aromatic rings. The number of nitrogens with zero attached hydrogens (tertiary/aromatic N) is 1. The highest BCUT2D eigenvalue weighted by Crippen LogP contribution is 2.22. The van der Waals surface area contributed by atoms with Crippen molar-refractivity contribution in [3.8, 4) is 5.75 Å². The number of carbonyl (C=O) groups is 2. The van der Waals surface area contributed by atoms with E-state index in [-0.39, 0.29) is 23.9 Å². The summed E-state index contributed by atoms with van der Waals surface area (Å²) in [6.07, 6.45) is 0. The quantitative estimate of drug-likeness (QED) is 0.537. The first kappa shape index (κ1) is 15.4. The van der Waals surface area contributed by atoms with Crippen LogP contribution in [0.1, 0.15) is 24.2 Å². The van der Waals surface area contributed by atoms with Crippen LogP contribution in [0.25, 0.3) is 0 Å². The second kappa shape index (κ2) is 6.50. The average molecular weight is 281 g/mol. The van der Waals surface area contributed by atoms with Gasteiger partial charge in [-0.3, -0.25) is 19.7 Å². The molecule has 8 nitrogen and oxygen atoms in total. The molecular weight excluding hydrogens is 266 g/mol. The molecule has 0 unspecified atom stereocenters. The third-order valence-electron chi connectivity index (χ3n) is 2.28. The Bertz CT molecular complexity index is 542. The Morgan fingerprint density at radius 3 is 2.60 bits per heavy atom. The topological polar surface area (TPSA) is 122 Å². The summed E-state index contributed by atoms with van der Waals surface area (Å²) < 4.78 is 0. The van der Waals surface area contributed by atoms with E-state index >= 15 is 0 Å². The van der Waals surface area contributed by atoms with E-state index in [1.54, 1.807) is 13.8 Å². The van der Waals surface area contributed by atoms with Gasteiger partial charge in [-0.05, 0) is 26.0 Å². The molecule has 1 aromatic carbocycles. The Kier molecular flexibility index (Phi) is 5.01. The van der Waals surface area contributed by atoms with Gasteiger partial charge in [-0.15, -0.1) is 0 Å². The summed E-state index contributed by atoms with van der Waals surface area (Å²) in [6, 6.07) is 3.04. The Morgan fingerprint density at radius 2 is 2.05 bits per heavy atom. The molecule has 3 N–H and O–H groups in total. The van der Waals surface area contributed by atoms with Gasteiger partial charge in [0, 0.05) is 12.1 Å². The molecule has 0 atom stereocenters. The lowest BCUT2D eigenvalue weighted by molar-refractivity contribution is -0.385.